The van der Waals surface area contributed by atoms with E-state index in [1.807, 2.05) is 36.1 Å². The van der Waals surface area contributed by atoms with Crippen LogP contribution in [0.4, 0.5) is 0 Å². The predicted molar refractivity (Wildman–Crippen MR) is 116 cm³/mol. The van der Waals surface area contributed by atoms with Gasteiger partial charge in [0.15, 0.2) is 0 Å². The summed E-state index contributed by atoms with van der Waals surface area (Å²) in [7, 11) is 0. The van der Waals surface area contributed by atoms with Gasteiger partial charge in [0.1, 0.15) is 0 Å². The number of hydrogen-bond donors (Lipinski definition) is 0. The molecule has 1 aliphatic rings. The molecular weight excluding hydrogens is 376 g/mol. The molecule has 0 N–H and O–H groups in total. The number of piperazine rings is 1. The van der Waals surface area contributed by atoms with Gasteiger partial charge < -0.3 is 9.42 Å². The minimum Gasteiger partial charge on any atom is -0.340 e. The quantitative estimate of drug-likeness (QED) is 0.628. The third-order valence-corrected chi connectivity index (χ3v) is 5.71. The Morgan fingerprint density at radius 1 is 1.00 bits per heavy atom. The Balaban J connectivity index is 1.24. The van der Waals surface area contributed by atoms with Crippen LogP contribution in [0.2, 0.25) is 0 Å². The summed E-state index contributed by atoms with van der Waals surface area (Å²) in [6, 6.07) is 16.5. The van der Waals surface area contributed by atoms with E-state index in [-0.39, 0.29) is 5.91 Å². The van der Waals surface area contributed by atoms with Gasteiger partial charge in [-0.3, -0.25) is 9.69 Å². The molecule has 0 spiro atoms. The SMILES string of the molecule is Cc1ccc(-c2noc(CCC(=O)N3CCN(Cc4ccccc4C)CC3)n2)cc1. The third kappa shape index (κ3) is 4.94. The van der Waals surface area contributed by atoms with Crippen LogP contribution in [-0.2, 0) is 17.8 Å². The fourth-order valence-corrected chi connectivity index (χ4v) is 3.73. The molecule has 2 heterocycles. The van der Waals surface area contributed by atoms with Crippen molar-refractivity contribution in [3.8, 4) is 11.4 Å². The van der Waals surface area contributed by atoms with E-state index in [0.717, 1.165) is 38.3 Å². The molecule has 6 heteroatoms. The van der Waals surface area contributed by atoms with Gasteiger partial charge in [-0.2, -0.15) is 4.98 Å². The number of amides is 1. The van der Waals surface area contributed by atoms with E-state index < -0.39 is 0 Å². The fourth-order valence-electron chi connectivity index (χ4n) is 3.73. The minimum atomic E-state index is 0.153. The van der Waals surface area contributed by atoms with Gasteiger partial charge in [0, 0.05) is 51.1 Å². The van der Waals surface area contributed by atoms with Crippen molar-refractivity contribution in [1.29, 1.82) is 0 Å². The van der Waals surface area contributed by atoms with Crippen LogP contribution in [0.25, 0.3) is 11.4 Å². The Morgan fingerprint density at radius 3 is 2.47 bits per heavy atom. The van der Waals surface area contributed by atoms with E-state index in [9.17, 15) is 4.79 Å². The van der Waals surface area contributed by atoms with Gasteiger partial charge in [-0.15, -0.1) is 0 Å². The normalized spacial score (nSPS) is 14.8. The van der Waals surface area contributed by atoms with Crippen LogP contribution < -0.4 is 0 Å². The third-order valence-electron chi connectivity index (χ3n) is 5.71. The zero-order chi connectivity index (χ0) is 20.9. The van der Waals surface area contributed by atoms with E-state index >= 15 is 0 Å². The van der Waals surface area contributed by atoms with Crippen LogP contribution >= 0.6 is 0 Å². The smallest absolute Gasteiger partial charge is 0.227 e. The molecule has 1 amide bonds. The maximum atomic E-state index is 12.6. The van der Waals surface area contributed by atoms with Crippen LogP contribution in [-0.4, -0.2) is 52.0 Å². The van der Waals surface area contributed by atoms with Crippen molar-refractivity contribution < 1.29 is 9.32 Å². The monoisotopic (exact) mass is 404 g/mol. The Labute approximate surface area is 177 Å². The van der Waals surface area contributed by atoms with Gasteiger partial charge in [0.05, 0.1) is 0 Å². The lowest BCUT2D eigenvalue weighted by atomic mass is 10.1. The van der Waals surface area contributed by atoms with Crippen LogP contribution in [0.15, 0.2) is 53.1 Å². The Bertz CT molecular complexity index is 988. The molecule has 1 fully saturated rings. The van der Waals surface area contributed by atoms with E-state index in [2.05, 4.69) is 46.2 Å². The molecular formula is C24H28N4O2. The largest absolute Gasteiger partial charge is 0.340 e. The van der Waals surface area contributed by atoms with Crippen molar-refractivity contribution in [2.45, 2.75) is 33.2 Å². The second-order valence-electron chi connectivity index (χ2n) is 7.96. The molecule has 1 saturated heterocycles. The summed E-state index contributed by atoms with van der Waals surface area (Å²) in [6.45, 7) is 8.47. The molecule has 4 rings (SSSR count). The summed E-state index contributed by atoms with van der Waals surface area (Å²) in [5.74, 6) is 1.24. The average molecular weight is 405 g/mol. The summed E-state index contributed by atoms with van der Waals surface area (Å²) >= 11 is 0. The van der Waals surface area contributed by atoms with Crippen molar-refractivity contribution in [2.24, 2.45) is 0 Å². The standard InChI is InChI=1S/C24H28N4O2/c1-18-7-9-20(10-8-18)24-25-22(30-26-24)11-12-23(29)28-15-13-27(14-16-28)17-21-6-4-3-5-19(21)2/h3-10H,11-17H2,1-2H3. The lowest BCUT2D eigenvalue weighted by molar-refractivity contribution is -0.133. The highest BCUT2D eigenvalue weighted by atomic mass is 16.5. The molecule has 1 aromatic heterocycles. The maximum absolute atomic E-state index is 12.6. The number of rotatable bonds is 6. The highest BCUT2D eigenvalue weighted by molar-refractivity contribution is 5.76. The molecule has 0 unspecified atom stereocenters. The lowest BCUT2D eigenvalue weighted by Gasteiger charge is -2.35. The number of carbonyl (C=O) groups is 1. The molecule has 0 atom stereocenters. The molecule has 30 heavy (non-hydrogen) atoms. The Hall–Kier alpha value is -2.99. The molecule has 0 bridgehead atoms. The molecule has 6 nitrogen and oxygen atoms in total. The van der Waals surface area contributed by atoms with E-state index in [4.69, 9.17) is 4.52 Å². The summed E-state index contributed by atoms with van der Waals surface area (Å²) < 4.78 is 5.34. The van der Waals surface area contributed by atoms with E-state index in [0.29, 0.717) is 24.6 Å². The Kier molecular flexibility index (Phi) is 6.23. The molecule has 3 aromatic rings. The number of aromatic nitrogens is 2. The van der Waals surface area contributed by atoms with Gasteiger partial charge in [0.2, 0.25) is 17.6 Å². The number of carbonyl (C=O) groups excluding carboxylic acids is 1. The van der Waals surface area contributed by atoms with Gasteiger partial charge >= 0.3 is 0 Å². The summed E-state index contributed by atoms with van der Waals surface area (Å²) in [4.78, 5) is 21.4. The first-order valence-electron chi connectivity index (χ1n) is 10.5. The van der Waals surface area contributed by atoms with Gasteiger partial charge in [-0.1, -0.05) is 59.3 Å². The van der Waals surface area contributed by atoms with Gasteiger partial charge in [-0.05, 0) is 25.0 Å². The summed E-state index contributed by atoms with van der Waals surface area (Å²) in [5, 5.41) is 4.05. The highest BCUT2D eigenvalue weighted by Crippen LogP contribution is 2.17. The Morgan fingerprint density at radius 2 is 1.73 bits per heavy atom. The minimum absolute atomic E-state index is 0.153. The zero-order valence-corrected chi connectivity index (χ0v) is 17.7. The average Bonchev–Trinajstić information content (AvgIpc) is 3.24. The van der Waals surface area contributed by atoms with Crippen molar-refractivity contribution in [3.05, 3.63) is 71.1 Å². The molecule has 0 radical (unpaired) electrons. The first-order chi connectivity index (χ1) is 14.6. The molecule has 2 aromatic carbocycles. The van der Waals surface area contributed by atoms with Crippen molar-refractivity contribution in [3.63, 3.8) is 0 Å². The summed E-state index contributed by atoms with van der Waals surface area (Å²) in [5.41, 5.74) is 4.79. The number of benzene rings is 2. The van der Waals surface area contributed by atoms with Crippen LogP contribution in [0, 0.1) is 13.8 Å². The van der Waals surface area contributed by atoms with Crippen LogP contribution in [0.1, 0.15) is 29.0 Å². The van der Waals surface area contributed by atoms with Gasteiger partial charge in [0.25, 0.3) is 0 Å². The van der Waals surface area contributed by atoms with E-state index in [1.54, 1.807) is 0 Å². The second kappa shape index (κ2) is 9.22. The van der Waals surface area contributed by atoms with Crippen molar-refractivity contribution >= 4 is 5.91 Å². The first-order valence-corrected chi connectivity index (χ1v) is 10.5. The van der Waals surface area contributed by atoms with Crippen LogP contribution in [0.5, 0.6) is 0 Å². The van der Waals surface area contributed by atoms with Crippen molar-refractivity contribution in [2.75, 3.05) is 26.2 Å². The highest BCUT2D eigenvalue weighted by Gasteiger charge is 2.22. The second-order valence-corrected chi connectivity index (χ2v) is 7.96. The topological polar surface area (TPSA) is 62.5 Å². The zero-order valence-electron chi connectivity index (χ0n) is 17.7. The fraction of sp³-hybridized carbons (Fsp3) is 0.375. The number of hydrogen-bond acceptors (Lipinski definition) is 5. The van der Waals surface area contributed by atoms with E-state index in [1.165, 1.54) is 16.7 Å². The van der Waals surface area contributed by atoms with Gasteiger partial charge in [-0.25, -0.2) is 0 Å². The first kappa shape index (κ1) is 20.3. The molecule has 0 saturated carbocycles. The molecule has 0 aliphatic carbocycles. The molecule has 156 valence electrons. The number of nitrogens with zero attached hydrogens (tertiary/aromatic N) is 4. The molecule has 1 aliphatic heterocycles. The number of aryl methyl sites for hydroxylation is 3. The van der Waals surface area contributed by atoms with Crippen molar-refractivity contribution in [1.82, 2.24) is 19.9 Å². The summed E-state index contributed by atoms with van der Waals surface area (Å²) in [6.07, 6.45) is 0.869. The van der Waals surface area contributed by atoms with Crippen LogP contribution in [0.3, 0.4) is 0 Å². The maximum Gasteiger partial charge on any atom is 0.227 e. The lowest BCUT2D eigenvalue weighted by Crippen LogP contribution is -2.48. The predicted octanol–water partition coefficient (Wildman–Crippen LogP) is 3.63.